The topological polar surface area (TPSA) is 119 Å². The largest absolute Gasteiger partial charge is 0.395 e. The van der Waals surface area contributed by atoms with Gasteiger partial charge in [0.05, 0.1) is 24.2 Å². The van der Waals surface area contributed by atoms with Gasteiger partial charge in [0.15, 0.2) is 0 Å². The van der Waals surface area contributed by atoms with E-state index in [1.54, 1.807) is 36.4 Å². The van der Waals surface area contributed by atoms with Crippen LogP contribution in [0, 0.1) is 10.1 Å². The van der Waals surface area contributed by atoms with Crippen LogP contribution in [0.4, 0.5) is 17.1 Å². The highest BCUT2D eigenvalue weighted by molar-refractivity contribution is 6.30. The number of hydrogen-bond donors (Lipinski definition) is 3. The molecule has 10 heteroatoms. The number of nitro groups is 1. The van der Waals surface area contributed by atoms with E-state index >= 15 is 0 Å². The summed E-state index contributed by atoms with van der Waals surface area (Å²) in [6.07, 6.45) is 0.707. The molecule has 0 aromatic heterocycles. The van der Waals surface area contributed by atoms with Crippen molar-refractivity contribution >= 4 is 34.6 Å². The lowest BCUT2D eigenvalue weighted by Crippen LogP contribution is -2.57. The van der Waals surface area contributed by atoms with E-state index in [0.717, 1.165) is 0 Å². The first-order valence-corrected chi connectivity index (χ1v) is 10.8. The Balaban J connectivity index is 1.91. The van der Waals surface area contributed by atoms with Crippen LogP contribution in [0.1, 0.15) is 23.7 Å². The van der Waals surface area contributed by atoms with Crippen LogP contribution in [0.2, 0.25) is 5.02 Å². The van der Waals surface area contributed by atoms with Gasteiger partial charge in [0.2, 0.25) is 0 Å². The third-order valence-electron chi connectivity index (χ3n) is 5.78. The molecule has 0 radical (unpaired) electrons. The number of benzene rings is 2. The molecule has 0 spiro atoms. The fraction of sp³-hybridized carbons (Fsp3) is 0.409. The number of carbonyl (C=O) groups is 1. The van der Waals surface area contributed by atoms with Crippen LogP contribution in [0.5, 0.6) is 0 Å². The predicted molar refractivity (Wildman–Crippen MR) is 123 cm³/mol. The number of aliphatic hydroxyl groups is 2. The third kappa shape index (κ3) is 5.18. The normalized spacial score (nSPS) is 16.9. The van der Waals surface area contributed by atoms with Crippen LogP contribution in [0.15, 0.2) is 42.5 Å². The van der Waals surface area contributed by atoms with Gasteiger partial charge in [-0.15, -0.1) is 0 Å². The maximum Gasteiger partial charge on any atom is 0.305 e. The maximum atomic E-state index is 12.9. The third-order valence-corrected chi connectivity index (χ3v) is 6.03. The van der Waals surface area contributed by atoms with Crippen molar-refractivity contribution in [3.63, 3.8) is 0 Å². The number of nitro benzene ring substituents is 1. The molecule has 1 amide bonds. The van der Waals surface area contributed by atoms with Gasteiger partial charge in [0, 0.05) is 36.4 Å². The molecule has 0 aliphatic carbocycles. The molecule has 2 aromatic carbocycles. The van der Waals surface area contributed by atoms with Gasteiger partial charge >= 0.3 is 5.69 Å². The molecule has 9 nitrogen and oxygen atoms in total. The van der Waals surface area contributed by atoms with Crippen molar-refractivity contribution in [2.24, 2.45) is 0 Å². The minimum absolute atomic E-state index is 0.0247. The average Bonchev–Trinajstić information content (AvgIpc) is 2.80. The highest BCUT2D eigenvalue weighted by atomic mass is 35.5. The Kier molecular flexibility index (Phi) is 8.03. The number of nitrogens with one attached hydrogen (secondary N) is 1. The molecule has 1 unspecified atom stereocenters. The zero-order chi connectivity index (χ0) is 23.3. The first-order valence-electron chi connectivity index (χ1n) is 10.5. The van der Waals surface area contributed by atoms with Gasteiger partial charge in [0.1, 0.15) is 11.3 Å². The van der Waals surface area contributed by atoms with E-state index in [9.17, 15) is 25.1 Å². The Bertz CT molecular complexity index is 952. The average molecular weight is 463 g/mol. The highest BCUT2D eigenvalue weighted by Crippen LogP contribution is 2.35. The summed E-state index contributed by atoms with van der Waals surface area (Å²) in [5.41, 5.74) is 0.600. The number of carbonyl (C=O) groups excluding carboxylic acids is 1. The van der Waals surface area contributed by atoms with Crippen molar-refractivity contribution in [3.8, 4) is 0 Å². The van der Waals surface area contributed by atoms with E-state index in [-0.39, 0.29) is 36.5 Å². The van der Waals surface area contributed by atoms with Crippen LogP contribution >= 0.6 is 11.6 Å². The van der Waals surface area contributed by atoms with Gasteiger partial charge in [-0.05, 0) is 42.8 Å². The zero-order valence-electron chi connectivity index (χ0n) is 17.8. The second kappa shape index (κ2) is 10.7. The molecule has 1 fully saturated rings. The quantitative estimate of drug-likeness (QED) is 0.407. The van der Waals surface area contributed by atoms with E-state index in [0.29, 0.717) is 42.5 Å². The van der Waals surface area contributed by atoms with Crippen LogP contribution in [0.3, 0.4) is 0 Å². The highest BCUT2D eigenvalue weighted by Gasteiger charge is 2.34. The number of para-hydroxylation sites is 1. The molecule has 1 aliphatic heterocycles. The Labute approximate surface area is 191 Å². The fourth-order valence-electron chi connectivity index (χ4n) is 4.04. The van der Waals surface area contributed by atoms with E-state index < -0.39 is 10.8 Å². The zero-order valence-corrected chi connectivity index (χ0v) is 18.5. The summed E-state index contributed by atoms with van der Waals surface area (Å²) in [5.74, 6) is -0.576. The van der Waals surface area contributed by atoms with Crippen molar-refractivity contribution < 1.29 is 19.9 Å². The molecule has 2 aromatic rings. The summed E-state index contributed by atoms with van der Waals surface area (Å²) in [4.78, 5) is 28.4. The molecule has 1 saturated heterocycles. The summed E-state index contributed by atoms with van der Waals surface area (Å²) >= 11 is 5.88. The summed E-state index contributed by atoms with van der Waals surface area (Å²) in [6, 6.07) is 10.8. The Morgan fingerprint density at radius 3 is 2.50 bits per heavy atom. The van der Waals surface area contributed by atoms with Crippen molar-refractivity contribution in [3.05, 3.63) is 63.2 Å². The molecule has 172 valence electrons. The number of amides is 1. The molecular formula is C22H27ClN4O5. The molecule has 1 heterocycles. The molecule has 3 rings (SSSR count). The number of hydrogen-bond acceptors (Lipinski definition) is 7. The summed E-state index contributed by atoms with van der Waals surface area (Å²) in [7, 11) is 0. The Morgan fingerprint density at radius 1 is 1.22 bits per heavy atom. The van der Waals surface area contributed by atoms with E-state index in [1.165, 1.54) is 6.07 Å². The van der Waals surface area contributed by atoms with E-state index in [2.05, 4.69) is 5.32 Å². The summed E-state index contributed by atoms with van der Waals surface area (Å²) in [6.45, 7) is 3.21. The summed E-state index contributed by atoms with van der Waals surface area (Å²) in [5, 5.41) is 34.3. The molecule has 0 bridgehead atoms. The lowest BCUT2D eigenvalue weighted by Gasteiger charge is -2.44. The lowest BCUT2D eigenvalue weighted by molar-refractivity contribution is -0.384. The summed E-state index contributed by atoms with van der Waals surface area (Å²) < 4.78 is 0. The second-order valence-electron chi connectivity index (χ2n) is 7.66. The van der Waals surface area contributed by atoms with E-state index in [4.69, 9.17) is 11.6 Å². The number of rotatable bonds is 8. The molecule has 32 heavy (non-hydrogen) atoms. The van der Waals surface area contributed by atoms with Crippen molar-refractivity contribution in [1.82, 2.24) is 4.90 Å². The second-order valence-corrected chi connectivity index (χ2v) is 8.10. The molecule has 1 aliphatic rings. The number of aliphatic hydroxyl groups excluding tert-OH is 2. The van der Waals surface area contributed by atoms with Crippen molar-refractivity contribution in [2.75, 3.05) is 43.1 Å². The first-order chi connectivity index (χ1) is 15.4. The van der Waals surface area contributed by atoms with Crippen LogP contribution < -0.4 is 10.2 Å². The standard InChI is InChI=1S/C22H27ClN4O5/c1-2-17-12-25(18(13-28)14-29)10-11-26(17)20-5-3-4-19(21(20)27(31)32)22(30)24-16-8-6-15(23)7-9-16/h3-9,17-18,28-29H,2,10-14H2,1H3,(H,24,30). The van der Waals surface area contributed by atoms with Crippen LogP contribution in [0.25, 0.3) is 0 Å². The van der Waals surface area contributed by atoms with Gasteiger partial charge in [0.25, 0.3) is 5.91 Å². The monoisotopic (exact) mass is 462 g/mol. The SMILES string of the molecule is CCC1CN(C(CO)CO)CCN1c1cccc(C(=O)Nc2ccc(Cl)cc2)c1[N+](=O)[O-]. The minimum atomic E-state index is -0.576. The smallest absolute Gasteiger partial charge is 0.305 e. The van der Waals surface area contributed by atoms with Gasteiger partial charge < -0.3 is 20.4 Å². The lowest BCUT2D eigenvalue weighted by atomic mass is 10.0. The maximum absolute atomic E-state index is 12.9. The minimum Gasteiger partial charge on any atom is -0.395 e. The molecule has 3 N–H and O–H groups in total. The first kappa shape index (κ1) is 23.9. The molecule has 1 atom stereocenters. The van der Waals surface area contributed by atoms with E-state index in [1.807, 2.05) is 16.7 Å². The number of halogens is 1. The van der Waals surface area contributed by atoms with Crippen molar-refractivity contribution in [1.29, 1.82) is 0 Å². The number of anilines is 2. The Morgan fingerprint density at radius 2 is 1.91 bits per heavy atom. The number of nitrogens with zero attached hydrogens (tertiary/aromatic N) is 3. The number of piperazine rings is 1. The van der Waals surface area contributed by atoms with Gasteiger partial charge in [-0.25, -0.2) is 0 Å². The molecular weight excluding hydrogens is 436 g/mol. The Hall–Kier alpha value is -2.72. The van der Waals surface area contributed by atoms with Crippen molar-refractivity contribution in [2.45, 2.75) is 25.4 Å². The van der Waals surface area contributed by atoms with Crippen LogP contribution in [-0.4, -0.2) is 70.9 Å². The van der Waals surface area contributed by atoms with Gasteiger partial charge in [-0.3, -0.25) is 19.8 Å². The van der Waals surface area contributed by atoms with Crippen LogP contribution in [-0.2, 0) is 0 Å². The fourth-order valence-corrected chi connectivity index (χ4v) is 4.16. The predicted octanol–water partition coefficient (Wildman–Crippen LogP) is 2.75. The van der Waals surface area contributed by atoms with Gasteiger partial charge in [-0.2, -0.15) is 0 Å². The van der Waals surface area contributed by atoms with Gasteiger partial charge in [-0.1, -0.05) is 24.6 Å². The molecule has 0 saturated carbocycles.